The molecule has 0 aliphatic carbocycles. The molecule has 2 amide bonds. The molecule has 8 heteroatoms. The molecule has 0 saturated heterocycles. The van der Waals surface area contributed by atoms with Crippen LogP contribution in [0.15, 0.2) is 53.5 Å². The van der Waals surface area contributed by atoms with Crippen LogP contribution in [0.25, 0.3) is 6.08 Å². The van der Waals surface area contributed by atoms with E-state index in [1.165, 1.54) is 43.2 Å². The minimum absolute atomic E-state index is 0.201. The van der Waals surface area contributed by atoms with Gasteiger partial charge in [-0.1, -0.05) is 18.2 Å². The number of rotatable bonds is 6. The maximum atomic E-state index is 11.8. The first kappa shape index (κ1) is 18.8. The van der Waals surface area contributed by atoms with Crippen molar-refractivity contribution in [2.45, 2.75) is 6.54 Å². The Morgan fingerprint density at radius 3 is 2.58 bits per heavy atom. The summed E-state index contributed by atoms with van der Waals surface area (Å²) in [6.45, 7) is -0.201. The van der Waals surface area contributed by atoms with Crippen LogP contribution in [0.2, 0.25) is 0 Å². The Balaban J connectivity index is 1.93. The topological polar surface area (TPSA) is 98.7 Å². The second-order valence-corrected chi connectivity index (χ2v) is 5.12. The van der Waals surface area contributed by atoms with Crippen molar-refractivity contribution >= 4 is 17.9 Å². The van der Waals surface area contributed by atoms with Gasteiger partial charge in [0.15, 0.2) is 11.5 Å². The molecule has 0 saturated carbocycles. The Labute approximate surface area is 150 Å². The van der Waals surface area contributed by atoms with Gasteiger partial charge in [0.25, 0.3) is 17.4 Å². The van der Waals surface area contributed by atoms with Crippen molar-refractivity contribution in [2.24, 2.45) is 0 Å². The monoisotopic (exact) mass is 357 g/mol. The Kier molecular flexibility index (Phi) is 6.55. The molecule has 0 atom stereocenters. The summed E-state index contributed by atoms with van der Waals surface area (Å²) in [5.74, 6) is -0.0363. The fraction of sp³-hybridized carbons (Fsp3) is 0.167. The van der Waals surface area contributed by atoms with Gasteiger partial charge in [0.2, 0.25) is 0 Å². The van der Waals surface area contributed by atoms with Gasteiger partial charge in [-0.15, -0.1) is 0 Å². The number of pyridine rings is 1. The highest BCUT2D eigenvalue weighted by atomic mass is 16.5. The minimum Gasteiger partial charge on any atom is -0.493 e. The maximum absolute atomic E-state index is 11.8. The number of nitrogens with zero attached hydrogens (tertiary/aromatic N) is 1. The first-order valence-corrected chi connectivity index (χ1v) is 7.68. The Morgan fingerprint density at radius 2 is 1.88 bits per heavy atom. The molecule has 0 unspecified atom stereocenters. The molecule has 2 N–H and O–H groups in total. The van der Waals surface area contributed by atoms with E-state index in [0.717, 1.165) is 0 Å². The summed E-state index contributed by atoms with van der Waals surface area (Å²) >= 11 is 0. The Morgan fingerprint density at radius 1 is 1.08 bits per heavy atom. The molecule has 2 aromatic rings. The highest BCUT2D eigenvalue weighted by Crippen LogP contribution is 2.31. The van der Waals surface area contributed by atoms with Crippen LogP contribution in [0.1, 0.15) is 5.56 Å². The summed E-state index contributed by atoms with van der Waals surface area (Å²) in [5.41, 5.74) is 4.82. The zero-order chi connectivity index (χ0) is 18.9. The molecule has 2 rings (SSSR count). The summed E-state index contributed by atoms with van der Waals surface area (Å²) in [5, 5.41) is 0. The number of hydrogen-bond donors (Lipinski definition) is 2. The summed E-state index contributed by atoms with van der Waals surface area (Å²) in [7, 11) is 3.02. The van der Waals surface area contributed by atoms with Crippen molar-refractivity contribution < 1.29 is 19.1 Å². The average Bonchev–Trinajstić information content (AvgIpc) is 2.66. The van der Waals surface area contributed by atoms with E-state index in [2.05, 4.69) is 10.9 Å². The molecule has 1 aromatic heterocycles. The number of amides is 2. The van der Waals surface area contributed by atoms with Gasteiger partial charge >= 0.3 is 0 Å². The average molecular weight is 357 g/mol. The lowest BCUT2D eigenvalue weighted by molar-refractivity contribution is -0.127. The predicted octanol–water partition coefficient (Wildman–Crippen LogP) is 0.726. The van der Waals surface area contributed by atoms with Crippen LogP contribution in [0, 0.1) is 0 Å². The van der Waals surface area contributed by atoms with E-state index in [1.807, 2.05) is 0 Å². The predicted molar refractivity (Wildman–Crippen MR) is 95.6 cm³/mol. The number of carbonyl (C=O) groups is 2. The number of aromatic nitrogens is 1. The summed E-state index contributed by atoms with van der Waals surface area (Å²) in [6, 6.07) is 9.82. The smallest absolute Gasteiger partial charge is 0.262 e. The van der Waals surface area contributed by atoms with Crippen molar-refractivity contribution in [3.05, 3.63) is 64.6 Å². The Bertz CT molecular complexity index is 873. The number of para-hydroxylation sites is 1. The molecule has 0 aliphatic rings. The SMILES string of the molecule is COc1cccc(/C=C/C(=O)NNC(=O)Cn2ccccc2=O)c1OC. The van der Waals surface area contributed by atoms with Gasteiger partial charge in [-0.25, -0.2) is 0 Å². The van der Waals surface area contributed by atoms with Crippen LogP contribution in [0.5, 0.6) is 11.5 Å². The number of ether oxygens (including phenoxy) is 2. The Hall–Kier alpha value is -3.55. The second-order valence-electron chi connectivity index (χ2n) is 5.12. The van der Waals surface area contributed by atoms with E-state index in [9.17, 15) is 14.4 Å². The third kappa shape index (κ3) is 4.97. The van der Waals surface area contributed by atoms with Gasteiger partial charge in [-0.3, -0.25) is 25.2 Å². The first-order chi connectivity index (χ1) is 12.5. The molecule has 0 fully saturated rings. The van der Waals surface area contributed by atoms with Crippen LogP contribution in [0.4, 0.5) is 0 Å². The lowest BCUT2D eigenvalue weighted by atomic mass is 10.1. The lowest BCUT2D eigenvalue weighted by Crippen LogP contribution is -2.43. The van der Waals surface area contributed by atoms with Crippen molar-refractivity contribution in [1.29, 1.82) is 0 Å². The molecule has 0 spiro atoms. The molecule has 136 valence electrons. The number of carbonyl (C=O) groups excluding carboxylic acids is 2. The zero-order valence-electron chi connectivity index (χ0n) is 14.4. The molecule has 26 heavy (non-hydrogen) atoms. The standard InChI is InChI=1S/C18H19N3O5/c1-25-14-7-5-6-13(18(14)26-2)9-10-15(22)19-20-16(23)12-21-11-4-3-8-17(21)24/h3-11H,12H2,1-2H3,(H,19,22)(H,20,23)/b10-9+. The number of hydrazine groups is 1. The van der Waals surface area contributed by atoms with Gasteiger partial charge in [0.1, 0.15) is 6.54 Å². The minimum atomic E-state index is -0.538. The fourth-order valence-electron chi connectivity index (χ4n) is 2.17. The van der Waals surface area contributed by atoms with Gasteiger partial charge < -0.3 is 14.0 Å². The molecule has 8 nitrogen and oxygen atoms in total. The van der Waals surface area contributed by atoms with E-state index in [-0.39, 0.29) is 12.1 Å². The van der Waals surface area contributed by atoms with E-state index < -0.39 is 11.8 Å². The lowest BCUT2D eigenvalue weighted by Gasteiger charge is -2.10. The largest absolute Gasteiger partial charge is 0.493 e. The van der Waals surface area contributed by atoms with Gasteiger partial charge in [-0.05, 0) is 18.2 Å². The van der Waals surface area contributed by atoms with E-state index >= 15 is 0 Å². The number of nitrogens with one attached hydrogen (secondary N) is 2. The molecular formula is C18H19N3O5. The van der Waals surface area contributed by atoms with E-state index in [4.69, 9.17) is 9.47 Å². The van der Waals surface area contributed by atoms with Gasteiger partial charge in [0, 0.05) is 23.9 Å². The summed E-state index contributed by atoms with van der Waals surface area (Å²) in [4.78, 5) is 35.1. The van der Waals surface area contributed by atoms with Crippen molar-refractivity contribution in [3.8, 4) is 11.5 Å². The number of benzene rings is 1. The van der Waals surface area contributed by atoms with Crippen LogP contribution in [0.3, 0.4) is 0 Å². The van der Waals surface area contributed by atoms with Crippen LogP contribution in [-0.4, -0.2) is 30.6 Å². The van der Waals surface area contributed by atoms with E-state index in [0.29, 0.717) is 17.1 Å². The van der Waals surface area contributed by atoms with Gasteiger partial charge in [0.05, 0.1) is 14.2 Å². The van der Waals surface area contributed by atoms with Crippen LogP contribution < -0.4 is 25.9 Å². The van der Waals surface area contributed by atoms with Crippen LogP contribution in [-0.2, 0) is 16.1 Å². The zero-order valence-corrected chi connectivity index (χ0v) is 14.4. The fourth-order valence-corrected chi connectivity index (χ4v) is 2.17. The van der Waals surface area contributed by atoms with Crippen molar-refractivity contribution in [1.82, 2.24) is 15.4 Å². The first-order valence-electron chi connectivity index (χ1n) is 7.68. The van der Waals surface area contributed by atoms with Crippen LogP contribution >= 0.6 is 0 Å². The highest BCUT2D eigenvalue weighted by Gasteiger charge is 2.08. The third-order valence-electron chi connectivity index (χ3n) is 3.39. The summed E-state index contributed by atoms with van der Waals surface area (Å²) < 4.78 is 11.7. The number of methoxy groups -OCH3 is 2. The summed E-state index contributed by atoms with van der Waals surface area (Å²) in [6.07, 6.45) is 4.26. The second kappa shape index (κ2) is 9.07. The molecule has 0 radical (unpaired) electrons. The maximum Gasteiger partial charge on any atom is 0.262 e. The molecular weight excluding hydrogens is 338 g/mol. The molecule has 1 heterocycles. The van der Waals surface area contributed by atoms with E-state index in [1.54, 1.807) is 30.3 Å². The number of hydrogen-bond acceptors (Lipinski definition) is 5. The normalized spacial score (nSPS) is 10.4. The third-order valence-corrected chi connectivity index (χ3v) is 3.39. The molecule has 1 aromatic carbocycles. The quantitative estimate of drug-likeness (QED) is 0.586. The molecule has 0 aliphatic heterocycles. The molecule has 0 bridgehead atoms. The van der Waals surface area contributed by atoms with Gasteiger partial charge in [-0.2, -0.15) is 0 Å². The van der Waals surface area contributed by atoms with Crippen molar-refractivity contribution in [2.75, 3.05) is 14.2 Å². The van der Waals surface area contributed by atoms with Crippen molar-refractivity contribution in [3.63, 3.8) is 0 Å². The highest BCUT2D eigenvalue weighted by molar-refractivity contribution is 5.93.